The molecule has 19 heavy (non-hydrogen) atoms. The third-order valence-electron chi connectivity index (χ3n) is 2.93. The monoisotopic (exact) mass is 276 g/mol. The summed E-state index contributed by atoms with van der Waals surface area (Å²) < 4.78 is 5.56. The quantitative estimate of drug-likeness (QED) is 0.853. The lowest BCUT2D eigenvalue weighted by molar-refractivity contribution is 0.0739. The van der Waals surface area contributed by atoms with Crippen molar-refractivity contribution in [1.29, 1.82) is 0 Å². The number of nitrogens with zero attached hydrogens (tertiary/aromatic N) is 1. The van der Waals surface area contributed by atoms with Crippen LogP contribution in [-0.4, -0.2) is 28.9 Å². The van der Waals surface area contributed by atoms with Crippen LogP contribution < -0.4 is 5.73 Å². The van der Waals surface area contributed by atoms with Crippen molar-refractivity contribution >= 4 is 34.1 Å². The van der Waals surface area contributed by atoms with E-state index in [4.69, 9.17) is 22.4 Å². The summed E-state index contributed by atoms with van der Waals surface area (Å²) in [4.78, 5) is 14.4. The lowest BCUT2D eigenvalue weighted by Crippen LogP contribution is -2.33. The zero-order valence-electron chi connectivity index (χ0n) is 10.8. The van der Waals surface area contributed by atoms with E-state index in [1.54, 1.807) is 11.0 Å². The number of hydrogen-bond acceptors (Lipinski definition) is 3. The first-order chi connectivity index (χ1) is 9.11. The van der Waals surface area contributed by atoms with E-state index in [9.17, 15) is 4.79 Å². The van der Waals surface area contributed by atoms with Crippen molar-refractivity contribution in [2.75, 3.05) is 13.1 Å². The summed E-state index contributed by atoms with van der Waals surface area (Å²) >= 11 is 4.83. The van der Waals surface area contributed by atoms with Crippen molar-refractivity contribution in [3.63, 3.8) is 0 Å². The average molecular weight is 276 g/mol. The zero-order chi connectivity index (χ0) is 13.8. The molecule has 1 heterocycles. The van der Waals surface area contributed by atoms with Gasteiger partial charge in [-0.05, 0) is 19.1 Å². The maximum atomic E-state index is 12.3. The summed E-state index contributed by atoms with van der Waals surface area (Å²) in [5.41, 5.74) is 6.18. The normalized spacial score (nSPS) is 10.6. The van der Waals surface area contributed by atoms with Gasteiger partial charge in [-0.15, -0.1) is 0 Å². The van der Waals surface area contributed by atoms with Crippen molar-refractivity contribution in [2.45, 2.75) is 13.3 Å². The second kappa shape index (κ2) is 5.84. The van der Waals surface area contributed by atoms with Crippen LogP contribution in [0, 0.1) is 0 Å². The fraction of sp³-hybridized carbons (Fsp3) is 0.286. The maximum absolute atomic E-state index is 12.3. The van der Waals surface area contributed by atoms with Gasteiger partial charge in [0.15, 0.2) is 5.76 Å². The van der Waals surface area contributed by atoms with E-state index < -0.39 is 0 Å². The van der Waals surface area contributed by atoms with Crippen LogP contribution in [0.5, 0.6) is 0 Å². The Morgan fingerprint density at radius 1 is 1.42 bits per heavy atom. The number of carbonyl (C=O) groups excluding carboxylic acids is 1. The molecule has 4 nitrogen and oxygen atoms in total. The number of furan rings is 1. The number of hydrogen-bond donors (Lipinski definition) is 1. The Balaban J connectivity index is 2.18. The Hall–Kier alpha value is -1.88. The topological polar surface area (TPSA) is 59.5 Å². The molecule has 0 aliphatic carbocycles. The first-order valence-electron chi connectivity index (χ1n) is 6.18. The van der Waals surface area contributed by atoms with Gasteiger partial charge in [-0.2, -0.15) is 0 Å². The minimum atomic E-state index is -0.130. The molecule has 0 unspecified atom stereocenters. The molecule has 0 fully saturated rings. The van der Waals surface area contributed by atoms with E-state index in [0.29, 0.717) is 30.3 Å². The van der Waals surface area contributed by atoms with E-state index in [1.807, 2.05) is 31.2 Å². The predicted octanol–water partition coefficient (Wildman–Crippen LogP) is 2.57. The number of nitrogens with two attached hydrogens (primary N) is 1. The van der Waals surface area contributed by atoms with Gasteiger partial charge in [0.25, 0.3) is 5.91 Å². The van der Waals surface area contributed by atoms with Gasteiger partial charge in [0.1, 0.15) is 5.58 Å². The van der Waals surface area contributed by atoms with Crippen molar-refractivity contribution in [2.24, 2.45) is 5.73 Å². The summed E-state index contributed by atoms with van der Waals surface area (Å²) in [6.07, 6.45) is 0.523. The number of benzene rings is 1. The third-order valence-corrected chi connectivity index (χ3v) is 3.14. The molecular weight excluding hydrogens is 260 g/mol. The van der Waals surface area contributed by atoms with Crippen LogP contribution >= 0.6 is 12.2 Å². The number of rotatable bonds is 5. The molecule has 0 spiro atoms. The predicted molar refractivity (Wildman–Crippen MR) is 79.2 cm³/mol. The highest BCUT2D eigenvalue weighted by Crippen LogP contribution is 2.20. The van der Waals surface area contributed by atoms with Crippen LogP contribution in [0.2, 0.25) is 0 Å². The Bertz CT molecular complexity index is 573. The summed E-state index contributed by atoms with van der Waals surface area (Å²) in [5, 5.41) is 0.927. The van der Waals surface area contributed by atoms with E-state index >= 15 is 0 Å². The van der Waals surface area contributed by atoms with Crippen LogP contribution in [0.3, 0.4) is 0 Å². The fourth-order valence-corrected chi connectivity index (χ4v) is 1.98. The van der Waals surface area contributed by atoms with E-state index in [-0.39, 0.29) is 5.91 Å². The zero-order valence-corrected chi connectivity index (χ0v) is 11.6. The Morgan fingerprint density at radius 2 is 2.16 bits per heavy atom. The van der Waals surface area contributed by atoms with Crippen LogP contribution in [0.25, 0.3) is 11.0 Å². The largest absolute Gasteiger partial charge is 0.451 e. The highest BCUT2D eigenvalue weighted by Gasteiger charge is 2.18. The van der Waals surface area contributed by atoms with Crippen LogP contribution in [0.4, 0.5) is 0 Å². The highest BCUT2D eigenvalue weighted by molar-refractivity contribution is 7.80. The molecule has 1 aromatic heterocycles. The summed E-state index contributed by atoms with van der Waals surface area (Å²) in [7, 11) is 0. The van der Waals surface area contributed by atoms with Gasteiger partial charge in [-0.25, -0.2) is 0 Å². The molecule has 0 aliphatic rings. The minimum absolute atomic E-state index is 0.130. The second-order valence-corrected chi connectivity index (χ2v) is 4.77. The molecule has 2 N–H and O–H groups in total. The number of fused-ring (bicyclic) bond motifs is 1. The Kier molecular flexibility index (Phi) is 4.16. The number of carbonyl (C=O) groups is 1. The Morgan fingerprint density at radius 3 is 2.79 bits per heavy atom. The summed E-state index contributed by atoms with van der Waals surface area (Å²) in [6.45, 7) is 3.03. The lowest BCUT2D eigenvalue weighted by Gasteiger charge is -2.18. The molecule has 1 aromatic carbocycles. The molecule has 0 radical (unpaired) electrons. The molecule has 0 bridgehead atoms. The van der Waals surface area contributed by atoms with Crippen molar-refractivity contribution in [3.8, 4) is 0 Å². The molecule has 1 amide bonds. The van der Waals surface area contributed by atoms with Gasteiger partial charge in [-0.3, -0.25) is 4.79 Å². The maximum Gasteiger partial charge on any atom is 0.289 e. The molecule has 100 valence electrons. The molecule has 0 saturated heterocycles. The van der Waals surface area contributed by atoms with Gasteiger partial charge in [0.05, 0.1) is 4.99 Å². The van der Waals surface area contributed by atoms with E-state index in [1.165, 1.54) is 0 Å². The highest BCUT2D eigenvalue weighted by atomic mass is 32.1. The van der Waals surface area contributed by atoms with Crippen LogP contribution in [0.1, 0.15) is 23.9 Å². The van der Waals surface area contributed by atoms with Crippen molar-refractivity contribution in [1.82, 2.24) is 4.90 Å². The SMILES string of the molecule is CCN(CCC(N)=S)C(=O)c1cc2ccccc2o1. The summed E-state index contributed by atoms with van der Waals surface area (Å²) in [6, 6.07) is 9.32. The second-order valence-electron chi connectivity index (χ2n) is 4.25. The van der Waals surface area contributed by atoms with Gasteiger partial charge >= 0.3 is 0 Å². The first-order valence-corrected chi connectivity index (χ1v) is 6.58. The lowest BCUT2D eigenvalue weighted by atomic mass is 10.2. The molecule has 2 aromatic rings. The molecule has 0 saturated carbocycles. The molecule has 0 atom stereocenters. The number of thiocarbonyl (C=S) groups is 1. The third kappa shape index (κ3) is 3.12. The smallest absolute Gasteiger partial charge is 0.289 e. The van der Waals surface area contributed by atoms with Crippen LogP contribution in [-0.2, 0) is 0 Å². The Labute approximate surface area is 117 Å². The minimum Gasteiger partial charge on any atom is -0.451 e. The van der Waals surface area contributed by atoms with Gasteiger partial charge in [0, 0.05) is 24.9 Å². The van der Waals surface area contributed by atoms with E-state index in [2.05, 4.69) is 0 Å². The number of para-hydroxylation sites is 1. The standard InChI is InChI=1S/C14H16N2O2S/c1-2-16(8-7-13(15)19)14(17)12-9-10-5-3-4-6-11(10)18-12/h3-6,9H,2,7-8H2,1H3,(H2,15,19). The fourth-order valence-electron chi connectivity index (χ4n) is 1.89. The van der Waals surface area contributed by atoms with Crippen molar-refractivity contribution in [3.05, 3.63) is 36.1 Å². The van der Waals surface area contributed by atoms with E-state index in [0.717, 1.165) is 11.0 Å². The first kappa shape index (κ1) is 13.5. The summed E-state index contributed by atoms with van der Waals surface area (Å²) in [5.74, 6) is 0.223. The van der Waals surface area contributed by atoms with Crippen LogP contribution in [0.15, 0.2) is 34.7 Å². The average Bonchev–Trinajstić information content (AvgIpc) is 2.82. The molecular formula is C14H16N2O2S. The van der Waals surface area contributed by atoms with Gasteiger partial charge in [-0.1, -0.05) is 30.4 Å². The molecule has 2 rings (SSSR count). The number of amides is 1. The van der Waals surface area contributed by atoms with Gasteiger partial charge < -0.3 is 15.1 Å². The molecule has 5 heteroatoms. The molecule has 0 aliphatic heterocycles. The van der Waals surface area contributed by atoms with Crippen molar-refractivity contribution < 1.29 is 9.21 Å². The van der Waals surface area contributed by atoms with Gasteiger partial charge in [0.2, 0.25) is 0 Å².